The van der Waals surface area contributed by atoms with Crippen molar-refractivity contribution in [1.82, 2.24) is 0 Å². The summed E-state index contributed by atoms with van der Waals surface area (Å²) in [5.41, 5.74) is 3.19. The van der Waals surface area contributed by atoms with Crippen LogP contribution in [0.1, 0.15) is 24.5 Å². The molecule has 0 bridgehead atoms. The normalized spacial score (nSPS) is 16.1. The number of rotatable bonds is 4. The fourth-order valence-electron chi connectivity index (χ4n) is 2.44. The zero-order valence-electron chi connectivity index (χ0n) is 11.0. The van der Waals surface area contributed by atoms with Gasteiger partial charge in [-0.25, -0.2) is 0 Å². The van der Waals surface area contributed by atoms with E-state index in [9.17, 15) is 5.11 Å². The van der Waals surface area contributed by atoms with Crippen molar-refractivity contribution in [3.63, 3.8) is 0 Å². The fourth-order valence-corrected chi connectivity index (χ4v) is 2.44. The summed E-state index contributed by atoms with van der Waals surface area (Å²) in [6.45, 7) is 0. The van der Waals surface area contributed by atoms with Crippen molar-refractivity contribution in [2.45, 2.75) is 18.9 Å². The predicted octanol–water partition coefficient (Wildman–Crippen LogP) is 3.81. The van der Waals surface area contributed by atoms with E-state index < -0.39 is 6.10 Å². The van der Waals surface area contributed by atoms with Crippen molar-refractivity contribution in [2.75, 3.05) is 7.11 Å². The maximum Gasteiger partial charge on any atom is 0.124 e. The van der Waals surface area contributed by atoms with Gasteiger partial charge in [-0.05, 0) is 42.0 Å². The van der Waals surface area contributed by atoms with Crippen LogP contribution in [0.3, 0.4) is 0 Å². The molecular weight excluding hydrogens is 236 g/mol. The Bertz CT molecular complexity index is 559. The van der Waals surface area contributed by atoms with E-state index in [0.717, 1.165) is 35.3 Å². The zero-order valence-corrected chi connectivity index (χ0v) is 11.0. The maximum atomic E-state index is 10.4. The summed E-state index contributed by atoms with van der Waals surface area (Å²) in [6.07, 6.45) is 1.82. The standard InChI is InChI=1S/C17H18O2/c1-19-16-10-9-14(12-5-3-2-4-6-12)11-15(16)17(18)13-7-8-13/h2-6,9-11,13,17-18H,7-8H2,1H3. The summed E-state index contributed by atoms with van der Waals surface area (Å²) in [5.74, 6) is 1.18. The predicted molar refractivity (Wildman–Crippen MR) is 76.1 cm³/mol. The van der Waals surface area contributed by atoms with Crippen LogP contribution in [0.5, 0.6) is 5.75 Å². The Morgan fingerprint density at radius 3 is 2.42 bits per heavy atom. The first-order valence-electron chi connectivity index (χ1n) is 6.71. The van der Waals surface area contributed by atoms with Gasteiger partial charge >= 0.3 is 0 Å². The molecule has 1 saturated carbocycles. The van der Waals surface area contributed by atoms with Crippen molar-refractivity contribution in [3.8, 4) is 16.9 Å². The molecular formula is C17H18O2. The third-order valence-corrected chi connectivity index (χ3v) is 3.72. The number of ether oxygens (including phenoxy) is 1. The number of aliphatic hydroxyl groups excluding tert-OH is 1. The molecule has 1 N–H and O–H groups in total. The van der Waals surface area contributed by atoms with Gasteiger partial charge in [-0.2, -0.15) is 0 Å². The summed E-state index contributed by atoms with van der Waals surface area (Å²) in [6, 6.07) is 16.3. The van der Waals surface area contributed by atoms with E-state index in [4.69, 9.17) is 4.74 Å². The summed E-state index contributed by atoms with van der Waals surface area (Å²) < 4.78 is 5.38. The number of hydrogen-bond donors (Lipinski definition) is 1. The third kappa shape index (κ3) is 2.49. The molecule has 1 atom stereocenters. The van der Waals surface area contributed by atoms with Crippen LogP contribution in [-0.4, -0.2) is 12.2 Å². The molecule has 2 nitrogen and oxygen atoms in total. The Labute approximate surface area is 113 Å². The van der Waals surface area contributed by atoms with E-state index in [1.165, 1.54) is 0 Å². The molecule has 1 aliphatic rings. The van der Waals surface area contributed by atoms with Crippen LogP contribution in [0.15, 0.2) is 48.5 Å². The van der Waals surface area contributed by atoms with Gasteiger partial charge in [0.2, 0.25) is 0 Å². The van der Waals surface area contributed by atoms with Crippen molar-refractivity contribution in [2.24, 2.45) is 5.92 Å². The fraction of sp³-hybridized carbons (Fsp3) is 0.294. The quantitative estimate of drug-likeness (QED) is 0.899. The summed E-state index contributed by atoms with van der Waals surface area (Å²) in [5, 5.41) is 10.4. The van der Waals surface area contributed by atoms with Gasteiger partial charge in [-0.1, -0.05) is 36.4 Å². The largest absolute Gasteiger partial charge is 0.496 e. The Morgan fingerprint density at radius 1 is 1.05 bits per heavy atom. The average molecular weight is 254 g/mol. The van der Waals surface area contributed by atoms with E-state index in [0.29, 0.717) is 5.92 Å². The monoisotopic (exact) mass is 254 g/mol. The van der Waals surface area contributed by atoms with Gasteiger partial charge in [-0.15, -0.1) is 0 Å². The molecule has 2 heteroatoms. The van der Waals surface area contributed by atoms with Crippen LogP contribution in [0.25, 0.3) is 11.1 Å². The first-order chi connectivity index (χ1) is 9.29. The average Bonchev–Trinajstić information content (AvgIpc) is 3.31. The lowest BCUT2D eigenvalue weighted by molar-refractivity contribution is 0.150. The van der Waals surface area contributed by atoms with E-state index in [2.05, 4.69) is 18.2 Å². The maximum absolute atomic E-state index is 10.4. The topological polar surface area (TPSA) is 29.5 Å². The van der Waals surface area contributed by atoms with Crippen molar-refractivity contribution < 1.29 is 9.84 Å². The van der Waals surface area contributed by atoms with Crippen LogP contribution in [0.4, 0.5) is 0 Å². The Hall–Kier alpha value is -1.80. The Morgan fingerprint density at radius 2 is 1.79 bits per heavy atom. The minimum Gasteiger partial charge on any atom is -0.496 e. The molecule has 0 aromatic heterocycles. The highest BCUT2D eigenvalue weighted by atomic mass is 16.5. The van der Waals surface area contributed by atoms with Gasteiger partial charge in [0.25, 0.3) is 0 Å². The molecule has 19 heavy (non-hydrogen) atoms. The van der Waals surface area contributed by atoms with Crippen molar-refractivity contribution >= 4 is 0 Å². The minimum absolute atomic E-state index is 0.403. The lowest BCUT2D eigenvalue weighted by atomic mass is 9.98. The van der Waals surface area contributed by atoms with Crippen molar-refractivity contribution in [3.05, 3.63) is 54.1 Å². The molecule has 0 amide bonds. The summed E-state index contributed by atoms with van der Waals surface area (Å²) in [4.78, 5) is 0. The number of benzene rings is 2. The van der Waals surface area contributed by atoms with Gasteiger partial charge in [-0.3, -0.25) is 0 Å². The van der Waals surface area contributed by atoms with Crippen LogP contribution in [-0.2, 0) is 0 Å². The molecule has 98 valence electrons. The Balaban J connectivity index is 2.01. The first kappa shape index (κ1) is 12.2. The van der Waals surface area contributed by atoms with Crippen LogP contribution in [0.2, 0.25) is 0 Å². The first-order valence-corrected chi connectivity index (χ1v) is 6.71. The van der Waals surface area contributed by atoms with Crippen LogP contribution in [0, 0.1) is 5.92 Å². The van der Waals surface area contributed by atoms with Crippen LogP contribution >= 0.6 is 0 Å². The molecule has 3 rings (SSSR count). The molecule has 1 aliphatic carbocycles. The smallest absolute Gasteiger partial charge is 0.124 e. The molecule has 1 unspecified atom stereocenters. The SMILES string of the molecule is COc1ccc(-c2ccccc2)cc1C(O)C1CC1. The number of methoxy groups -OCH3 is 1. The molecule has 1 fully saturated rings. The second-order valence-corrected chi connectivity index (χ2v) is 5.11. The highest BCUT2D eigenvalue weighted by Gasteiger charge is 2.32. The molecule has 0 saturated heterocycles. The Kier molecular flexibility index (Phi) is 3.26. The van der Waals surface area contributed by atoms with E-state index >= 15 is 0 Å². The van der Waals surface area contributed by atoms with Gasteiger partial charge in [0.15, 0.2) is 0 Å². The highest BCUT2D eigenvalue weighted by Crippen LogP contribution is 2.44. The van der Waals surface area contributed by atoms with Crippen LogP contribution < -0.4 is 4.74 Å². The zero-order chi connectivity index (χ0) is 13.2. The minimum atomic E-state index is -0.404. The van der Waals surface area contributed by atoms with Crippen molar-refractivity contribution in [1.29, 1.82) is 0 Å². The summed E-state index contributed by atoms with van der Waals surface area (Å²) in [7, 11) is 1.65. The van der Waals surface area contributed by atoms with E-state index in [-0.39, 0.29) is 0 Å². The molecule has 0 radical (unpaired) electrons. The molecule has 0 aliphatic heterocycles. The second-order valence-electron chi connectivity index (χ2n) is 5.11. The summed E-state index contributed by atoms with van der Waals surface area (Å²) >= 11 is 0. The number of hydrogen-bond acceptors (Lipinski definition) is 2. The lowest BCUT2D eigenvalue weighted by Crippen LogP contribution is -2.02. The van der Waals surface area contributed by atoms with Gasteiger partial charge in [0.05, 0.1) is 13.2 Å². The lowest BCUT2D eigenvalue weighted by Gasteiger charge is -2.15. The second kappa shape index (κ2) is 5.06. The molecule has 0 spiro atoms. The van der Waals surface area contributed by atoms with E-state index in [1.807, 2.05) is 30.3 Å². The third-order valence-electron chi connectivity index (χ3n) is 3.72. The molecule has 2 aromatic rings. The highest BCUT2D eigenvalue weighted by molar-refractivity contribution is 5.65. The number of aliphatic hydroxyl groups is 1. The van der Waals surface area contributed by atoms with Gasteiger partial charge in [0.1, 0.15) is 5.75 Å². The molecule has 2 aromatic carbocycles. The van der Waals surface area contributed by atoms with Gasteiger partial charge < -0.3 is 9.84 Å². The molecule has 0 heterocycles. The van der Waals surface area contributed by atoms with E-state index in [1.54, 1.807) is 7.11 Å². The van der Waals surface area contributed by atoms with Gasteiger partial charge in [0, 0.05) is 5.56 Å².